The summed E-state index contributed by atoms with van der Waals surface area (Å²) in [6, 6.07) is 13.2. The number of hydrogen-bond donors (Lipinski definition) is 1. The van der Waals surface area contributed by atoms with Gasteiger partial charge in [0.05, 0.1) is 0 Å². The lowest BCUT2D eigenvalue weighted by Crippen LogP contribution is -2.09. The lowest BCUT2D eigenvalue weighted by molar-refractivity contribution is -0.140. The number of benzene rings is 1. The lowest BCUT2D eigenvalue weighted by atomic mass is 10.3. The Balaban J connectivity index is 1.81. The summed E-state index contributed by atoms with van der Waals surface area (Å²) in [5, 5.41) is 3.59. The number of aromatic nitrogens is 4. The van der Waals surface area contributed by atoms with Gasteiger partial charge < -0.3 is 5.32 Å². The second-order valence-electron chi connectivity index (χ2n) is 5.63. The molecular weight excluding hydrogens is 379 g/mol. The summed E-state index contributed by atoms with van der Waals surface area (Å²) in [4.78, 5) is 12.0. The molecule has 136 valence electrons. The molecule has 0 aliphatic heterocycles. The van der Waals surface area contributed by atoms with Crippen molar-refractivity contribution in [1.29, 1.82) is 0 Å². The number of hydrogen-bond acceptors (Lipinski definition) is 4. The minimum Gasteiger partial charge on any atom is -0.340 e. The van der Waals surface area contributed by atoms with Gasteiger partial charge in [0.15, 0.2) is 11.5 Å². The van der Waals surface area contributed by atoms with Gasteiger partial charge in [-0.05, 0) is 42.5 Å². The molecule has 0 radical (unpaired) electrons. The van der Waals surface area contributed by atoms with Gasteiger partial charge in [-0.2, -0.15) is 13.2 Å². The Bertz CT molecular complexity index is 1110. The zero-order valence-electron chi connectivity index (χ0n) is 13.6. The number of nitrogens with zero attached hydrogens (tertiary/aromatic N) is 4. The van der Waals surface area contributed by atoms with E-state index in [1.807, 2.05) is 0 Å². The predicted octanol–water partition coefficient (Wildman–Crippen LogP) is 5.21. The van der Waals surface area contributed by atoms with Crippen molar-refractivity contribution >= 4 is 28.8 Å². The Morgan fingerprint density at radius 3 is 2.48 bits per heavy atom. The average Bonchev–Trinajstić information content (AvgIpc) is 3.04. The standard InChI is InChI=1S/C18H11ClF3N5/c19-11-4-6-12(7-5-11)24-13-8-9-23-17(25-13)15-16(18(20,21)22)26-14-3-1-2-10-27(14)15/h1-10H,(H,23,24,25). The second kappa shape index (κ2) is 6.55. The molecule has 0 fully saturated rings. The average molecular weight is 390 g/mol. The fourth-order valence-corrected chi connectivity index (χ4v) is 2.76. The highest BCUT2D eigenvalue weighted by atomic mass is 35.5. The first-order valence-electron chi connectivity index (χ1n) is 7.82. The number of imidazole rings is 1. The summed E-state index contributed by atoms with van der Waals surface area (Å²) in [6.07, 6.45) is -1.75. The van der Waals surface area contributed by atoms with Crippen molar-refractivity contribution in [1.82, 2.24) is 19.4 Å². The molecule has 5 nitrogen and oxygen atoms in total. The van der Waals surface area contributed by atoms with Gasteiger partial charge in [-0.25, -0.2) is 15.0 Å². The van der Waals surface area contributed by atoms with E-state index >= 15 is 0 Å². The summed E-state index contributed by atoms with van der Waals surface area (Å²) in [6.45, 7) is 0. The van der Waals surface area contributed by atoms with Crippen molar-refractivity contribution in [3.63, 3.8) is 0 Å². The van der Waals surface area contributed by atoms with E-state index in [0.717, 1.165) is 0 Å². The molecule has 0 bridgehead atoms. The Morgan fingerprint density at radius 1 is 0.963 bits per heavy atom. The zero-order chi connectivity index (χ0) is 19.0. The largest absolute Gasteiger partial charge is 0.435 e. The van der Waals surface area contributed by atoms with Crippen LogP contribution >= 0.6 is 11.6 Å². The van der Waals surface area contributed by atoms with E-state index in [1.165, 1.54) is 22.9 Å². The van der Waals surface area contributed by atoms with E-state index in [-0.39, 0.29) is 17.2 Å². The van der Waals surface area contributed by atoms with E-state index < -0.39 is 11.9 Å². The Hall–Kier alpha value is -3.13. The van der Waals surface area contributed by atoms with Gasteiger partial charge in [0.25, 0.3) is 0 Å². The maximum Gasteiger partial charge on any atom is 0.435 e. The van der Waals surface area contributed by atoms with Crippen LogP contribution in [0.25, 0.3) is 17.2 Å². The molecule has 4 rings (SSSR count). The van der Waals surface area contributed by atoms with E-state index in [0.29, 0.717) is 16.5 Å². The topological polar surface area (TPSA) is 55.1 Å². The number of nitrogens with one attached hydrogen (secondary N) is 1. The first kappa shape index (κ1) is 17.3. The van der Waals surface area contributed by atoms with Crippen LogP contribution in [0.3, 0.4) is 0 Å². The first-order chi connectivity index (χ1) is 12.9. The molecule has 1 N–H and O–H groups in total. The highest BCUT2D eigenvalue weighted by molar-refractivity contribution is 6.30. The third kappa shape index (κ3) is 3.43. The zero-order valence-corrected chi connectivity index (χ0v) is 14.3. The van der Waals surface area contributed by atoms with E-state index in [4.69, 9.17) is 11.6 Å². The highest BCUT2D eigenvalue weighted by Gasteiger charge is 2.39. The number of alkyl halides is 3. The Kier molecular flexibility index (Phi) is 4.19. The van der Waals surface area contributed by atoms with Crippen molar-refractivity contribution in [2.75, 3.05) is 5.32 Å². The van der Waals surface area contributed by atoms with Gasteiger partial charge in [-0.3, -0.25) is 4.40 Å². The molecular formula is C18H11ClF3N5. The van der Waals surface area contributed by atoms with Crippen LogP contribution in [-0.4, -0.2) is 19.4 Å². The molecule has 4 aromatic rings. The van der Waals surface area contributed by atoms with Crippen LogP contribution in [0.5, 0.6) is 0 Å². The predicted molar refractivity (Wildman–Crippen MR) is 96.0 cm³/mol. The quantitative estimate of drug-likeness (QED) is 0.522. The fraction of sp³-hybridized carbons (Fsp3) is 0.0556. The summed E-state index contributed by atoms with van der Waals surface area (Å²) >= 11 is 5.85. The molecule has 0 aliphatic carbocycles. The van der Waals surface area contributed by atoms with E-state index in [2.05, 4.69) is 20.3 Å². The molecule has 0 aliphatic rings. The Morgan fingerprint density at radius 2 is 1.74 bits per heavy atom. The van der Waals surface area contributed by atoms with Gasteiger partial charge in [0.1, 0.15) is 17.2 Å². The third-order valence-corrected chi connectivity index (χ3v) is 4.03. The SMILES string of the molecule is FC(F)(F)c1nc2ccccn2c1-c1nccc(Nc2ccc(Cl)cc2)n1. The molecule has 0 unspecified atom stereocenters. The number of pyridine rings is 1. The van der Waals surface area contributed by atoms with Crippen molar-refractivity contribution in [3.8, 4) is 11.5 Å². The van der Waals surface area contributed by atoms with Crippen LogP contribution in [0.15, 0.2) is 60.9 Å². The molecule has 1 aromatic carbocycles. The smallest absolute Gasteiger partial charge is 0.340 e. The number of halogens is 4. The third-order valence-electron chi connectivity index (χ3n) is 3.78. The van der Waals surface area contributed by atoms with Crippen LogP contribution < -0.4 is 5.32 Å². The van der Waals surface area contributed by atoms with Gasteiger partial charge in [0, 0.05) is 23.1 Å². The van der Waals surface area contributed by atoms with Crippen LogP contribution in [0, 0.1) is 0 Å². The molecule has 3 heterocycles. The summed E-state index contributed by atoms with van der Waals surface area (Å²) < 4.78 is 41.8. The summed E-state index contributed by atoms with van der Waals surface area (Å²) in [5.41, 5.74) is -0.382. The minimum absolute atomic E-state index is 0.0833. The van der Waals surface area contributed by atoms with Gasteiger partial charge >= 0.3 is 6.18 Å². The molecule has 0 saturated heterocycles. The van der Waals surface area contributed by atoms with E-state index in [1.54, 1.807) is 42.5 Å². The molecule has 0 amide bonds. The van der Waals surface area contributed by atoms with Crippen molar-refractivity contribution in [2.45, 2.75) is 6.18 Å². The molecule has 0 spiro atoms. The molecule has 0 atom stereocenters. The summed E-state index contributed by atoms with van der Waals surface area (Å²) in [5.74, 6) is 0.265. The number of fused-ring (bicyclic) bond motifs is 1. The monoisotopic (exact) mass is 389 g/mol. The van der Waals surface area contributed by atoms with Gasteiger partial charge in [-0.15, -0.1) is 0 Å². The highest BCUT2D eigenvalue weighted by Crippen LogP contribution is 2.36. The van der Waals surface area contributed by atoms with Gasteiger partial charge in [-0.1, -0.05) is 17.7 Å². The number of rotatable bonds is 3. The second-order valence-corrected chi connectivity index (χ2v) is 6.07. The molecule has 0 saturated carbocycles. The van der Waals surface area contributed by atoms with Crippen molar-refractivity contribution in [2.24, 2.45) is 0 Å². The van der Waals surface area contributed by atoms with Crippen LogP contribution in [-0.2, 0) is 6.18 Å². The maximum absolute atomic E-state index is 13.5. The van der Waals surface area contributed by atoms with Crippen LogP contribution in [0.1, 0.15) is 5.69 Å². The van der Waals surface area contributed by atoms with Crippen molar-refractivity contribution in [3.05, 3.63) is 71.6 Å². The lowest BCUT2D eigenvalue weighted by Gasteiger charge is -2.09. The van der Waals surface area contributed by atoms with Crippen LogP contribution in [0.4, 0.5) is 24.7 Å². The first-order valence-corrected chi connectivity index (χ1v) is 8.20. The molecule has 9 heteroatoms. The molecule has 3 aromatic heterocycles. The summed E-state index contributed by atoms with van der Waals surface area (Å²) in [7, 11) is 0. The normalized spacial score (nSPS) is 11.7. The minimum atomic E-state index is -4.63. The Labute approximate surface area is 156 Å². The van der Waals surface area contributed by atoms with Gasteiger partial charge in [0.2, 0.25) is 0 Å². The fourth-order valence-electron chi connectivity index (χ4n) is 2.63. The van der Waals surface area contributed by atoms with Crippen molar-refractivity contribution < 1.29 is 13.2 Å². The molecule has 27 heavy (non-hydrogen) atoms. The van der Waals surface area contributed by atoms with E-state index in [9.17, 15) is 13.2 Å². The maximum atomic E-state index is 13.5. The number of anilines is 2. The van der Waals surface area contributed by atoms with Crippen LogP contribution in [0.2, 0.25) is 5.02 Å².